The number of aliphatic hydroxyl groups excluding tert-OH is 1. The lowest BCUT2D eigenvalue weighted by Crippen LogP contribution is -2.26. The summed E-state index contributed by atoms with van der Waals surface area (Å²) in [6.45, 7) is 0.328. The van der Waals surface area contributed by atoms with E-state index >= 15 is 0 Å². The van der Waals surface area contributed by atoms with Gasteiger partial charge in [-0.15, -0.1) is 0 Å². The molecule has 2 aromatic carbocycles. The molecule has 2 heterocycles. The number of hydrogen-bond acceptors (Lipinski definition) is 4. The molecule has 4 rings (SSSR count). The van der Waals surface area contributed by atoms with Crippen molar-refractivity contribution in [2.45, 2.75) is 18.8 Å². The maximum absolute atomic E-state index is 13.3. The number of aliphatic hydroxyl groups is 1. The van der Waals surface area contributed by atoms with Crippen molar-refractivity contribution in [2.75, 3.05) is 18.1 Å². The summed E-state index contributed by atoms with van der Waals surface area (Å²) >= 11 is 0. The average Bonchev–Trinajstić information content (AvgIpc) is 3.07. The highest BCUT2D eigenvalue weighted by atomic mass is 19.4. The average molecular weight is 390 g/mol. The van der Waals surface area contributed by atoms with Crippen LogP contribution in [0.4, 0.5) is 23.7 Å². The Morgan fingerprint density at radius 2 is 2.00 bits per heavy atom. The fraction of sp³-hybridized carbons (Fsp3) is 0.250. The molecular formula is C20H17F3N2O3. The van der Waals surface area contributed by atoms with Crippen LogP contribution in [0.25, 0.3) is 11.8 Å². The Morgan fingerprint density at radius 1 is 1.21 bits per heavy atom. The van der Waals surface area contributed by atoms with Gasteiger partial charge in [0.25, 0.3) is 0 Å². The number of halogens is 3. The van der Waals surface area contributed by atoms with Crippen molar-refractivity contribution in [2.24, 2.45) is 0 Å². The van der Waals surface area contributed by atoms with E-state index in [1.54, 1.807) is 30.3 Å². The number of alkyl halides is 3. The highest BCUT2D eigenvalue weighted by molar-refractivity contribution is 5.91. The molecule has 5 nitrogen and oxygen atoms in total. The second kappa shape index (κ2) is 6.87. The van der Waals surface area contributed by atoms with Gasteiger partial charge in [-0.1, -0.05) is 24.3 Å². The molecule has 0 bridgehead atoms. The molecule has 1 fully saturated rings. The number of ether oxygens (including phenoxy) is 1. The van der Waals surface area contributed by atoms with E-state index in [0.717, 1.165) is 17.2 Å². The number of cyclic esters (lactones) is 1. The van der Waals surface area contributed by atoms with Crippen molar-refractivity contribution >= 4 is 23.6 Å². The van der Waals surface area contributed by atoms with Gasteiger partial charge in [0.2, 0.25) is 0 Å². The first-order valence-corrected chi connectivity index (χ1v) is 8.71. The van der Waals surface area contributed by atoms with Crippen LogP contribution < -0.4 is 10.2 Å². The van der Waals surface area contributed by atoms with E-state index in [0.29, 0.717) is 17.9 Å². The molecule has 1 saturated heterocycles. The fourth-order valence-electron chi connectivity index (χ4n) is 3.42. The van der Waals surface area contributed by atoms with Gasteiger partial charge in [0.15, 0.2) is 0 Å². The van der Waals surface area contributed by atoms with Gasteiger partial charge in [-0.2, -0.15) is 13.2 Å². The van der Waals surface area contributed by atoms with Crippen LogP contribution in [0.3, 0.4) is 0 Å². The first-order chi connectivity index (χ1) is 13.4. The molecule has 146 valence electrons. The summed E-state index contributed by atoms with van der Waals surface area (Å²) in [7, 11) is 0. The van der Waals surface area contributed by atoms with Crippen LogP contribution in [-0.4, -0.2) is 30.5 Å². The summed E-state index contributed by atoms with van der Waals surface area (Å²) in [5.74, 6) is 0. The van der Waals surface area contributed by atoms with Gasteiger partial charge in [-0.05, 0) is 35.4 Å². The van der Waals surface area contributed by atoms with Crippen LogP contribution >= 0.6 is 0 Å². The first-order valence-electron chi connectivity index (χ1n) is 8.71. The minimum absolute atomic E-state index is 0.0960. The Kier molecular flexibility index (Phi) is 4.50. The second-order valence-electron chi connectivity index (χ2n) is 6.64. The van der Waals surface area contributed by atoms with E-state index in [1.165, 1.54) is 17.0 Å². The van der Waals surface area contributed by atoms with Gasteiger partial charge in [-0.3, -0.25) is 4.90 Å². The molecule has 2 aliphatic heterocycles. The molecule has 0 aliphatic carbocycles. The first kappa shape index (κ1) is 18.4. The Morgan fingerprint density at radius 3 is 2.71 bits per heavy atom. The van der Waals surface area contributed by atoms with Crippen LogP contribution in [0.1, 0.15) is 22.3 Å². The van der Waals surface area contributed by atoms with E-state index in [-0.39, 0.29) is 18.7 Å². The van der Waals surface area contributed by atoms with Crippen LogP contribution in [0.15, 0.2) is 42.5 Å². The molecule has 1 amide bonds. The van der Waals surface area contributed by atoms with Crippen molar-refractivity contribution in [3.63, 3.8) is 0 Å². The number of carbonyl (C=O) groups excluding carboxylic acids is 1. The van der Waals surface area contributed by atoms with E-state index < -0.39 is 23.9 Å². The Labute approximate surface area is 159 Å². The normalized spacial score (nSPS) is 19.0. The molecule has 1 atom stereocenters. The number of carbonyl (C=O) groups is 1. The van der Waals surface area contributed by atoms with Gasteiger partial charge >= 0.3 is 12.3 Å². The molecule has 8 heteroatoms. The summed E-state index contributed by atoms with van der Waals surface area (Å²) in [5, 5.41) is 12.2. The monoisotopic (exact) mass is 390 g/mol. The molecule has 2 aromatic rings. The van der Waals surface area contributed by atoms with Crippen LogP contribution in [-0.2, 0) is 17.5 Å². The molecule has 0 aromatic heterocycles. The van der Waals surface area contributed by atoms with E-state index in [9.17, 15) is 18.0 Å². The third-order valence-corrected chi connectivity index (χ3v) is 4.81. The molecular weight excluding hydrogens is 373 g/mol. The number of nitrogens with one attached hydrogen (secondary N) is 1. The van der Waals surface area contributed by atoms with Gasteiger partial charge in [0.1, 0.15) is 6.10 Å². The standard InChI is InChI=1S/C20H17F3N2O3/c21-20(22,23)17-4-2-1-3-16(17)18-8-12-5-6-14(7-13(12)9-24-18)25-10-15(11-26)28-19(25)27/h1-8,15,24,26H,9-11H2/t15-/m0/s1. The van der Waals surface area contributed by atoms with Gasteiger partial charge in [0.05, 0.1) is 18.7 Å². The van der Waals surface area contributed by atoms with Crippen LogP contribution in [0.5, 0.6) is 0 Å². The Hall–Kier alpha value is -3.00. The lowest BCUT2D eigenvalue weighted by molar-refractivity contribution is -0.137. The third kappa shape index (κ3) is 3.31. The van der Waals surface area contributed by atoms with Crippen molar-refractivity contribution < 1.29 is 27.8 Å². The molecule has 0 saturated carbocycles. The lowest BCUT2D eigenvalue weighted by Gasteiger charge is -2.23. The van der Waals surface area contributed by atoms with Crippen LogP contribution in [0, 0.1) is 0 Å². The topological polar surface area (TPSA) is 61.8 Å². The quantitative estimate of drug-likeness (QED) is 0.840. The molecule has 2 aliphatic rings. The third-order valence-electron chi connectivity index (χ3n) is 4.81. The summed E-state index contributed by atoms with van der Waals surface area (Å²) in [5.41, 5.74) is 2.05. The highest BCUT2D eigenvalue weighted by Gasteiger charge is 2.35. The lowest BCUT2D eigenvalue weighted by atomic mass is 9.96. The summed E-state index contributed by atoms with van der Waals surface area (Å²) in [6, 6.07) is 10.7. The number of benzene rings is 2. The maximum atomic E-state index is 13.3. The number of hydrogen-bond donors (Lipinski definition) is 2. The number of anilines is 1. The van der Waals surface area contributed by atoms with E-state index in [1.807, 2.05) is 0 Å². The van der Waals surface area contributed by atoms with Crippen LogP contribution in [0.2, 0.25) is 0 Å². The minimum Gasteiger partial charge on any atom is -0.441 e. The molecule has 28 heavy (non-hydrogen) atoms. The zero-order chi connectivity index (χ0) is 19.9. The number of nitrogens with zero attached hydrogens (tertiary/aromatic N) is 1. The number of amides is 1. The summed E-state index contributed by atoms with van der Waals surface area (Å²) < 4.78 is 44.9. The predicted molar refractivity (Wildman–Crippen MR) is 97.3 cm³/mol. The Bertz CT molecular complexity index is 956. The number of fused-ring (bicyclic) bond motifs is 1. The number of rotatable bonds is 3. The fourth-order valence-corrected chi connectivity index (χ4v) is 3.42. The second-order valence-corrected chi connectivity index (χ2v) is 6.64. The zero-order valence-corrected chi connectivity index (χ0v) is 14.7. The van der Waals surface area contributed by atoms with Gasteiger partial charge in [0, 0.05) is 23.5 Å². The zero-order valence-electron chi connectivity index (χ0n) is 14.7. The van der Waals surface area contributed by atoms with E-state index in [2.05, 4.69) is 5.32 Å². The Balaban J connectivity index is 1.66. The molecule has 0 spiro atoms. The highest BCUT2D eigenvalue weighted by Crippen LogP contribution is 2.36. The van der Waals surface area contributed by atoms with Crippen molar-refractivity contribution in [1.82, 2.24) is 5.32 Å². The van der Waals surface area contributed by atoms with Crippen molar-refractivity contribution in [3.05, 3.63) is 64.7 Å². The van der Waals surface area contributed by atoms with Crippen molar-refractivity contribution in [1.29, 1.82) is 0 Å². The van der Waals surface area contributed by atoms with Gasteiger partial charge < -0.3 is 15.2 Å². The maximum Gasteiger partial charge on any atom is 0.417 e. The summed E-state index contributed by atoms with van der Waals surface area (Å²) in [6.07, 6.45) is -3.86. The van der Waals surface area contributed by atoms with Gasteiger partial charge in [-0.25, -0.2) is 4.79 Å². The molecule has 0 radical (unpaired) electrons. The molecule has 2 N–H and O–H groups in total. The summed E-state index contributed by atoms with van der Waals surface area (Å²) in [4.78, 5) is 13.4. The molecule has 0 unspecified atom stereocenters. The SMILES string of the molecule is O=C1O[C@H](CO)CN1c1ccc2c(c1)CNC(c1ccccc1C(F)(F)F)=C2. The van der Waals surface area contributed by atoms with Crippen molar-refractivity contribution in [3.8, 4) is 0 Å². The predicted octanol–water partition coefficient (Wildman–Crippen LogP) is 3.62. The van der Waals surface area contributed by atoms with E-state index in [4.69, 9.17) is 9.84 Å². The minimum atomic E-state index is -4.44. The smallest absolute Gasteiger partial charge is 0.417 e. The largest absolute Gasteiger partial charge is 0.441 e.